The van der Waals surface area contributed by atoms with Crippen LogP contribution in [0.15, 0.2) is 6.20 Å². The molecule has 108 valence electrons. The van der Waals surface area contributed by atoms with Crippen molar-refractivity contribution in [3.05, 3.63) is 11.9 Å². The fourth-order valence-corrected chi connectivity index (χ4v) is 2.96. The van der Waals surface area contributed by atoms with E-state index >= 15 is 0 Å². The van der Waals surface area contributed by atoms with Crippen molar-refractivity contribution < 1.29 is 4.74 Å². The van der Waals surface area contributed by atoms with E-state index in [1.807, 2.05) is 6.92 Å². The summed E-state index contributed by atoms with van der Waals surface area (Å²) in [5, 5.41) is 3.46. The standard InChI is InChI=1S/C15H27N3O/c1-4-19-10-6-9-16-15-17-13(3)11-18(15)14-8-5-7-12(14)2/h11-12,14H,4-10H2,1-3H3,(H,16,17). The predicted octanol–water partition coefficient (Wildman–Crippen LogP) is 3.39. The van der Waals surface area contributed by atoms with Crippen molar-refractivity contribution in [1.29, 1.82) is 0 Å². The van der Waals surface area contributed by atoms with E-state index in [1.165, 1.54) is 19.3 Å². The Hall–Kier alpha value is -1.03. The van der Waals surface area contributed by atoms with Crippen molar-refractivity contribution in [2.45, 2.75) is 52.5 Å². The lowest BCUT2D eigenvalue weighted by molar-refractivity contribution is 0.147. The van der Waals surface area contributed by atoms with E-state index in [2.05, 4.69) is 34.9 Å². The fourth-order valence-electron chi connectivity index (χ4n) is 2.96. The second-order valence-corrected chi connectivity index (χ2v) is 5.57. The summed E-state index contributed by atoms with van der Waals surface area (Å²) < 4.78 is 7.71. The maximum Gasteiger partial charge on any atom is 0.203 e. The molecule has 1 N–H and O–H groups in total. The zero-order valence-corrected chi connectivity index (χ0v) is 12.5. The van der Waals surface area contributed by atoms with Gasteiger partial charge in [-0.1, -0.05) is 13.3 Å². The smallest absolute Gasteiger partial charge is 0.203 e. The molecule has 0 radical (unpaired) electrons. The lowest BCUT2D eigenvalue weighted by Crippen LogP contribution is -2.16. The van der Waals surface area contributed by atoms with Crippen LogP contribution >= 0.6 is 0 Å². The molecule has 4 heteroatoms. The van der Waals surface area contributed by atoms with E-state index in [1.54, 1.807) is 0 Å². The molecule has 2 rings (SSSR count). The number of rotatable bonds is 7. The highest BCUT2D eigenvalue weighted by molar-refractivity contribution is 5.29. The van der Waals surface area contributed by atoms with Crippen LogP contribution in [0.1, 0.15) is 51.3 Å². The SMILES string of the molecule is CCOCCCNc1nc(C)cn1C1CCCC1C. The van der Waals surface area contributed by atoms with Gasteiger partial charge in [0.2, 0.25) is 5.95 Å². The highest BCUT2D eigenvalue weighted by Gasteiger charge is 2.26. The molecule has 0 amide bonds. The Labute approximate surface area is 116 Å². The number of ether oxygens (including phenoxy) is 1. The second-order valence-electron chi connectivity index (χ2n) is 5.57. The molecule has 1 aliphatic carbocycles. The molecule has 4 nitrogen and oxygen atoms in total. The van der Waals surface area contributed by atoms with Gasteiger partial charge >= 0.3 is 0 Å². The van der Waals surface area contributed by atoms with Crippen LogP contribution in [-0.2, 0) is 4.74 Å². The number of nitrogens with one attached hydrogen (secondary N) is 1. The van der Waals surface area contributed by atoms with Gasteiger partial charge in [0.15, 0.2) is 0 Å². The van der Waals surface area contributed by atoms with Crippen LogP contribution < -0.4 is 5.32 Å². The molecule has 1 aliphatic rings. The summed E-state index contributed by atoms with van der Waals surface area (Å²) in [6, 6.07) is 0.621. The first-order valence-electron chi connectivity index (χ1n) is 7.59. The van der Waals surface area contributed by atoms with Gasteiger partial charge in [-0.05, 0) is 39.0 Å². The number of imidazole rings is 1. The Bertz CT molecular complexity index is 389. The molecule has 0 spiro atoms. The minimum Gasteiger partial charge on any atom is -0.382 e. The van der Waals surface area contributed by atoms with E-state index in [0.29, 0.717) is 6.04 Å². The number of hydrogen-bond acceptors (Lipinski definition) is 3. The van der Waals surface area contributed by atoms with Crippen molar-refractivity contribution in [2.24, 2.45) is 5.92 Å². The lowest BCUT2D eigenvalue weighted by atomic mass is 10.1. The quantitative estimate of drug-likeness (QED) is 0.768. The van der Waals surface area contributed by atoms with Gasteiger partial charge in [0, 0.05) is 32.0 Å². The highest BCUT2D eigenvalue weighted by Crippen LogP contribution is 2.37. The average molecular weight is 265 g/mol. The van der Waals surface area contributed by atoms with Crippen molar-refractivity contribution in [3.63, 3.8) is 0 Å². The zero-order valence-electron chi connectivity index (χ0n) is 12.5. The molecule has 1 fully saturated rings. The minimum absolute atomic E-state index is 0.621. The molecule has 2 unspecified atom stereocenters. The summed E-state index contributed by atoms with van der Waals surface area (Å²) in [5.74, 6) is 1.80. The molecule has 0 aliphatic heterocycles. The van der Waals surface area contributed by atoms with Gasteiger partial charge in [-0.25, -0.2) is 4.98 Å². The molecular formula is C15H27N3O. The third-order valence-electron chi connectivity index (χ3n) is 3.98. The minimum atomic E-state index is 0.621. The molecule has 1 aromatic heterocycles. The Kier molecular flexibility index (Phi) is 5.25. The zero-order chi connectivity index (χ0) is 13.7. The van der Waals surface area contributed by atoms with Gasteiger partial charge in [-0.2, -0.15) is 0 Å². The normalized spacial score (nSPS) is 22.9. The fraction of sp³-hybridized carbons (Fsp3) is 0.800. The number of aryl methyl sites for hydroxylation is 1. The van der Waals surface area contributed by atoms with Crippen LogP contribution in [-0.4, -0.2) is 29.3 Å². The molecule has 1 heterocycles. The molecule has 19 heavy (non-hydrogen) atoms. The van der Waals surface area contributed by atoms with E-state index in [4.69, 9.17) is 4.74 Å². The van der Waals surface area contributed by atoms with Crippen molar-refractivity contribution in [1.82, 2.24) is 9.55 Å². The number of aromatic nitrogens is 2. The Morgan fingerprint density at radius 3 is 3.00 bits per heavy atom. The first-order valence-corrected chi connectivity index (χ1v) is 7.59. The number of hydrogen-bond donors (Lipinski definition) is 1. The van der Waals surface area contributed by atoms with Gasteiger partial charge in [0.1, 0.15) is 0 Å². The number of nitrogens with zero attached hydrogens (tertiary/aromatic N) is 2. The topological polar surface area (TPSA) is 39.1 Å². The molecular weight excluding hydrogens is 238 g/mol. The summed E-state index contributed by atoms with van der Waals surface area (Å²) >= 11 is 0. The summed E-state index contributed by atoms with van der Waals surface area (Å²) in [4.78, 5) is 4.62. The first kappa shape index (κ1) is 14.4. The largest absolute Gasteiger partial charge is 0.382 e. The number of anilines is 1. The maximum atomic E-state index is 5.36. The summed E-state index contributed by atoms with van der Waals surface area (Å²) in [6.07, 6.45) is 7.18. The third kappa shape index (κ3) is 3.72. The summed E-state index contributed by atoms with van der Waals surface area (Å²) in [7, 11) is 0. The molecule has 0 bridgehead atoms. The molecule has 2 atom stereocenters. The second kappa shape index (κ2) is 6.94. The van der Waals surface area contributed by atoms with Crippen LogP contribution in [0.4, 0.5) is 5.95 Å². The van der Waals surface area contributed by atoms with Gasteiger partial charge in [-0.15, -0.1) is 0 Å². The van der Waals surface area contributed by atoms with Gasteiger partial charge < -0.3 is 14.6 Å². The van der Waals surface area contributed by atoms with E-state index in [-0.39, 0.29) is 0 Å². The molecule has 0 aromatic carbocycles. The van der Waals surface area contributed by atoms with Crippen LogP contribution in [0.3, 0.4) is 0 Å². The van der Waals surface area contributed by atoms with Crippen LogP contribution in [0.25, 0.3) is 0 Å². The van der Waals surface area contributed by atoms with Crippen molar-refractivity contribution >= 4 is 5.95 Å². The van der Waals surface area contributed by atoms with Crippen LogP contribution in [0, 0.1) is 12.8 Å². The Morgan fingerprint density at radius 1 is 1.47 bits per heavy atom. The lowest BCUT2D eigenvalue weighted by Gasteiger charge is -2.20. The molecule has 1 saturated carbocycles. The van der Waals surface area contributed by atoms with Gasteiger partial charge in [-0.3, -0.25) is 0 Å². The summed E-state index contributed by atoms with van der Waals surface area (Å²) in [5.41, 5.74) is 1.10. The van der Waals surface area contributed by atoms with Crippen LogP contribution in [0.5, 0.6) is 0 Å². The van der Waals surface area contributed by atoms with Gasteiger partial charge in [0.25, 0.3) is 0 Å². The van der Waals surface area contributed by atoms with E-state index in [0.717, 1.165) is 43.7 Å². The van der Waals surface area contributed by atoms with Crippen LogP contribution in [0.2, 0.25) is 0 Å². The maximum absolute atomic E-state index is 5.36. The molecule has 1 aromatic rings. The van der Waals surface area contributed by atoms with Crippen molar-refractivity contribution in [2.75, 3.05) is 25.1 Å². The first-order chi connectivity index (χ1) is 9.22. The Morgan fingerprint density at radius 2 is 2.32 bits per heavy atom. The Balaban J connectivity index is 1.92. The average Bonchev–Trinajstić information content (AvgIpc) is 2.95. The van der Waals surface area contributed by atoms with E-state index in [9.17, 15) is 0 Å². The van der Waals surface area contributed by atoms with Crippen molar-refractivity contribution in [3.8, 4) is 0 Å². The monoisotopic (exact) mass is 265 g/mol. The van der Waals surface area contributed by atoms with E-state index < -0.39 is 0 Å². The third-order valence-corrected chi connectivity index (χ3v) is 3.98. The molecule has 0 saturated heterocycles. The summed E-state index contributed by atoms with van der Waals surface area (Å²) in [6.45, 7) is 9.01. The highest BCUT2D eigenvalue weighted by atomic mass is 16.5. The predicted molar refractivity (Wildman–Crippen MR) is 78.6 cm³/mol. The van der Waals surface area contributed by atoms with Gasteiger partial charge in [0.05, 0.1) is 5.69 Å².